The minimum absolute atomic E-state index is 0.179. The van der Waals surface area contributed by atoms with Crippen molar-refractivity contribution < 1.29 is 9.90 Å². The summed E-state index contributed by atoms with van der Waals surface area (Å²) in [6.07, 6.45) is 0.179. The molecular formula is C13H18ClNO2. The molecule has 0 aromatic heterocycles. The Kier molecular flexibility index (Phi) is 5.45. The third kappa shape index (κ3) is 5.20. The Balaban J connectivity index is 2.48. The average Bonchev–Trinajstić information content (AvgIpc) is 2.26. The number of aliphatic carboxylic acids is 1. The van der Waals surface area contributed by atoms with Gasteiger partial charge in [-0.15, -0.1) is 0 Å². The molecule has 4 heteroatoms. The zero-order chi connectivity index (χ0) is 12.8. The predicted octanol–water partition coefficient (Wildman–Crippen LogP) is 2.85. The van der Waals surface area contributed by atoms with Crippen LogP contribution in [0.4, 0.5) is 0 Å². The van der Waals surface area contributed by atoms with Gasteiger partial charge in [0.1, 0.15) is 0 Å². The standard InChI is InChI=1S/C13H18ClNO2/c1-10(9-15(2)7-6-13(16)17)11-4-3-5-12(14)8-11/h3-5,8,10H,6-7,9H2,1-2H3,(H,16,17). The van der Waals surface area contributed by atoms with Gasteiger partial charge in [-0.3, -0.25) is 4.79 Å². The molecule has 0 spiro atoms. The van der Waals surface area contributed by atoms with Crippen LogP contribution in [0.15, 0.2) is 24.3 Å². The van der Waals surface area contributed by atoms with Crippen LogP contribution in [0.3, 0.4) is 0 Å². The highest BCUT2D eigenvalue weighted by Gasteiger charge is 2.10. The molecule has 1 N–H and O–H groups in total. The molecule has 94 valence electrons. The molecule has 0 aliphatic carbocycles. The van der Waals surface area contributed by atoms with Gasteiger partial charge in [-0.05, 0) is 30.7 Å². The van der Waals surface area contributed by atoms with E-state index in [1.165, 1.54) is 5.56 Å². The second kappa shape index (κ2) is 6.62. The molecule has 0 radical (unpaired) electrons. The number of likely N-dealkylation sites (N-methyl/N-ethyl adjacent to an activating group) is 1. The van der Waals surface area contributed by atoms with E-state index in [0.29, 0.717) is 12.5 Å². The lowest BCUT2D eigenvalue weighted by Gasteiger charge is -2.21. The highest BCUT2D eigenvalue weighted by Crippen LogP contribution is 2.19. The van der Waals surface area contributed by atoms with Crippen LogP contribution in [-0.4, -0.2) is 36.1 Å². The Morgan fingerprint density at radius 3 is 2.82 bits per heavy atom. The number of hydrogen-bond acceptors (Lipinski definition) is 2. The molecule has 3 nitrogen and oxygen atoms in total. The summed E-state index contributed by atoms with van der Waals surface area (Å²) in [4.78, 5) is 12.5. The van der Waals surface area contributed by atoms with Gasteiger partial charge >= 0.3 is 5.97 Å². The molecule has 0 aliphatic rings. The van der Waals surface area contributed by atoms with E-state index in [1.54, 1.807) is 0 Å². The third-order valence-electron chi connectivity index (χ3n) is 2.71. The fourth-order valence-electron chi connectivity index (χ4n) is 1.76. The summed E-state index contributed by atoms with van der Waals surface area (Å²) in [5.41, 5.74) is 1.18. The highest BCUT2D eigenvalue weighted by molar-refractivity contribution is 6.30. The molecule has 1 unspecified atom stereocenters. The fraction of sp³-hybridized carbons (Fsp3) is 0.462. The number of benzene rings is 1. The monoisotopic (exact) mass is 255 g/mol. The number of halogens is 1. The van der Waals surface area contributed by atoms with E-state index in [4.69, 9.17) is 16.7 Å². The van der Waals surface area contributed by atoms with Gasteiger partial charge in [-0.1, -0.05) is 30.7 Å². The second-order valence-electron chi connectivity index (χ2n) is 4.36. The summed E-state index contributed by atoms with van der Waals surface area (Å²) in [6.45, 7) is 3.51. The van der Waals surface area contributed by atoms with Crippen molar-refractivity contribution in [3.63, 3.8) is 0 Å². The molecule has 1 aromatic carbocycles. The number of rotatable bonds is 6. The Hall–Kier alpha value is -1.06. The second-order valence-corrected chi connectivity index (χ2v) is 4.80. The summed E-state index contributed by atoms with van der Waals surface area (Å²) in [7, 11) is 1.93. The summed E-state index contributed by atoms with van der Waals surface area (Å²) < 4.78 is 0. The zero-order valence-corrected chi connectivity index (χ0v) is 10.9. The Morgan fingerprint density at radius 2 is 2.24 bits per heavy atom. The van der Waals surface area contributed by atoms with Crippen LogP contribution >= 0.6 is 11.6 Å². The highest BCUT2D eigenvalue weighted by atomic mass is 35.5. The van der Waals surface area contributed by atoms with Crippen LogP contribution in [-0.2, 0) is 4.79 Å². The average molecular weight is 256 g/mol. The number of carbonyl (C=O) groups is 1. The SMILES string of the molecule is CC(CN(C)CCC(=O)O)c1cccc(Cl)c1. The number of nitrogens with zero attached hydrogens (tertiary/aromatic N) is 1. The van der Waals surface area contributed by atoms with Gasteiger partial charge in [0.15, 0.2) is 0 Å². The smallest absolute Gasteiger partial charge is 0.304 e. The minimum atomic E-state index is -0.757. The third-order valence-corrected chi connectivity index (χ3v) is 2.95. The maximum absolute atomic E-state index is 10.5. The van der Waals surface area contributed by atoms with E-state index in [2.05, 4.69) is 6.92 Å². The molecule has 0 aliphatic heterocycles. The molecule has 1 aromatic rings. The molecule has 0 saturated heterocycles. The molecule has 17 heavy (non-hydrogen) atoms. The van der Waals surface area contributed by atoms with Crippen LogP contribution in [0, 0.1) is 0 Å². The molecule has 1 atom stereocenters. The summed E-state index contributed by atoms with van der Waals surface area (Å²) in [5, 5.41) is 9.34. The van der Waals surface area contributed by atoms with Gasteiger partial charge in [0.25, 0.3) is 0 Å². The molecule has 0 amide bonds. The van der Waals surface area contributed by atoms with Gasteiger partial charge in [0.2, 0.25) is 0 Å². The first kappa shape index (κ1) is 14.0. The Morgan fingerprint density at radius 1 is 1.53 bits per heavy atom. The largest absolute Gasteiger partial charge is 0.481 e. The van der Waals surface area contributed by atoms with E-state index in [-0.39, 0.29) is 6.42 Å². The number of hydrogen-bond donors (Lipinski definition) is 1. The first-order chi connectivity index (χ1) is 7.99. The van der Waals surface area contributed by atoms with Gasteiger partial charge in [-0.25, -0.2) is 0 Å². The van der Waals surface area contributed by atoms with Gasteiger partial charge in [0, 0.05) is 18.1 Å². The molecular weight excluding hydrogens is 238 g/mol. The summed E-state index contributed by atoms with van der Waals surface area (Å²) in [5.74, 6) is -0.417. The summed E-state index contributed by atoms with van der Waals surface area (Å²) in [6, 6.07) is 7.79. The van der Waals surface area contributed by atoms with Crippen molar-refractivity contribution in [2.24, 2.45) is 0 Å². The van der Waals surface area contributed by atoms with Crippen molar-refractivity contribution >= 4 is 17.6 Å². The molecule has 0 bridgehead atoms. The Labute approximate surface area is 107 Å². The van der Waals surface area contributed by atoms with E-state index in [0.717, 1.165) is 11.6 Å². The first-order valence-electron chi connectivity index (χ1n) is 5.65. The van der Waals surface area contributed by atoms with E-state index in [1.807, 2.05) is 36.2 Å². The lowest BCUT2D eigenvalue weighted by atomic mass is 10.0. The first-order valence-corrected chi connectivity index (χ1v) is 6.02. The lowest BCUT2D eigenvalue weighted by Crippen LogP contribution is -2.26. The van der Waals surface area contributed by atoms with Crippen LogP contribution in [0.25, 0.3) is 0 Å². The van der Waals surface area contributed by atoms with E-state index < -0.39 is 5.97 Å². The van der Waals surface area contributed by atoms with Crippen LogP contribution in [0.1, 0.15) is 24.8 Å². The molecule has 0 heterocycles. The van der Waals surface area contributed by atoms with E-state index in [9.17, 15) is 4.79 Å². The normalized spacial score (nSPS) is 12.7. The zero-order valence-electron chi connectivity index (χ0n) is 10.2. The van der Waals surface area contributed by atoms with Crippen LogP contribution in [0.2, 0.25) is 5.02 Å². The van der Waals surface area contributed by atoms with Gasteiger partial charge in [-0.2, -0.15) is 0 Å². The predicted molar refractivity (Wildman–Crippen MR) is 69.6 cm³/mol. The maximum Gasteiger partial charge on any atom is 0.304 e. The van der Waals surface area contributed by atoms with Crippen molar-refractivity contribution in [1.29, 1.82) is 0 Å². The summed E-state index contributed by atoms with van der Waals surface area (Å²) >= 11 is 5.94. The lowest BCUT2D eigenvalue weighted by molar-refractivity contribution is -0.137. The minimum Gasteiger partial charge on any atom is -0.481 e. The molecule has 1 rings (SSSR count). The van der Waals surface area contributed by atoms with E-state index >= 15 is 0 Å². The van der Waals surface area contributed by atoms with Gasteiger partial charge in [0.05, 0.1) is 6.42 Å². The van der Waals surface area contributed by atoms with Crippen LogP contribution in [0.5, 0.6) is 0 Å². The molecule has 0 fully saturated rings. The van der Waals surface area contributed by atoms with Crippen molar-refractivity contribution in [2.75, 3.05) is 20.1 Å². The van der Waals surface area contributed by atoms with Crippen LogP contribution < -0.4 is 0 Å². The number of carboxylic acid groups (broad SMARTS) is 1. The maximum atomic E-state index is 10.5. The van der Waals surface area contributed by atoms with Gasteiger partial charge < -0.3 is 10.0 Å². The van der Waals surface area contributed by atoms with Crippen molar-refractivity contribution in [1.82, 2.24) is 4.90 Å². The molecule has 0 saturated carbocycles. The topological polar surface area (TPSA) is 40.5 Å². The fourth-order valence-corrected chi connectivity index (χ4v) is 1.96. The number of carboxylic acids is 1. The quantitative estimate of drug-likeness (QED) is 0.850. The van der Waals surface area contributed by atoms with Crippen molar-refractivity contribution in [2.45, 2.75) is 19.3 Å². The van der Waals surface area contributed by atoms with Crippen molar-refractivity contribution in [3.8, 4) is 0 Å². The Bertz CT molecular complexity index is 381. The van der Waals surface area contributed by atoms with Crippen molar-refractivity contribution in [3.05, 3.63) is 34.9 Å².